The van der Waals surface area contributed by atoms with Crippen LogP contribution in [-0.2, 0) is 13.5 Å². The van der Waals surface area contributed by atoms with E-state index in [2.05, 4.69) is 22.7 Å². The van der Waals surface area contributed by atoms with Crippen LogP contribution in [0.15, 0.2) is 24.3 Å². The summed E-state index contributed by atoms with van der Waals surface area (Å²) in [6.07, 6.45) is 0.963. The summed E-state index contributed by atoms with van der Waals surface area (Å²) in [4.78, 5) is 0. The highest BCUT2D eigenvalue weighted by atomic mass is 16.5. The summed E-state index contributed by atoms with van der Waals surface area (Å²) in [6.45, 7) is 2.75. The third-order valence-electron chi connectivity index (χ3n) is 3.55. The number of hydrogen-bond acceptors (Lipinski definition) is 4. The second-order valence-corrected chi connectivity index (χ2v) is 4.90. The molecule has 2 aromatic rings. The summed E-state index contributed by atoms with van der Waals surface area (Å²) >= 11 is 0. The summed E-state index contributed by atoms with van der Waals surface area (Å²) < 4.78 is 7.40. The van der Waals surface area contributed by atoms with Crippen molar-refractivity contribution in [3.8, 4) is 5.75 Å². The summed E-state index contributed by atoms with van der Waals surface area (Å²) in [6, 6.07) is 8.23. The molecule has 1 aromatic heterocycles. The van der Waals surface area contributed by atoms with Crippen LogP contribution < -0.4 is 16.0 Å². The largest absolute Gasteiger partial charge is 0.493 e. The minimum Gasteiger partial charge on any atom is -0.493 e. The number of aromatic nitrogens is 2. The van der Waals surface area contributed by atoms with Gasteiger partial charge in [0.15, 0.2) is 0 Å². The number of aryl methyl sites for hydroxylation is 2. The van der Waals surface area contributed by atoms with Crippen molar-refractivity contribution in [1.29, 1.82) is 0 Å². The van der Waals surface area contributed by atoms with E-state index in [1.807, 2.05) is 30.8 Å². The van der Waals surface area contributed by atoms with E-state index in [0.717, 1.165) is 35.7 Å². The first-order valence-electron chi connectivity index (χ1n) is 6.41. The molecule has 0 saturated heterocycles. The van der Waals surface area contributed by atoms with E-state index in [0.29, 0.717) is 0 Å². The SMILES string of the molecule is Cc1cc(C(NN)c2ccc3c(c2)CCO3)n(C)n1. The molecule has 0 aliphatic carbocycles. The van der Waals surface area contributed by atoms with Crippen LogP contribution >= 0.6 is 0 Å². The number of hydrogen-bond donors (Lipinski definition) is 2. The Labute approximate surface area is 112 Å². The van der Waals surface area contributed by atoms with Crippen LogP contribution in [0.5, 0.6) is 5.75 Å². The Kier molecular flexibility index (Phi) is 3.00. The second kappa shape index (κ2) is 4.68. The Morgan fingerprint density at radius 1 is 1.42 bits per heavy atom. The van der Waals surface area contributed by atoms with Gasteiger partial charge in [0.1, 0.15) is 5.75 Å². The minimum absolute atomic E-state index is 0.0582. The smallest absolute Gasteiger partial charge is 0.122 e. The number of hydrazine groups is 1. The molecular weight excluding hydrogens is 240 g/mol. The molecule has 1 aliphatic heterocycles. The van der Waals surface area contributed by atoms with Gasteiger partial charge in [-0.2, -0.15) is 5.10 Å². The topological polar surface area (TPSA) is 65.1 Å². The molecule has 3 N–H and O–H groups in total. The molecule has 0 bridgehead atoms. The molecule has 0 fully saturated rings. The highest BCUT2D eigenvalue weighted by Crippen LogP contribution is 2.30. The predicted octanol–water partition coefficient (Wildman–Crippen LogP) is 1.22. The van der Waals surface area contributed by atoms with Crippen LogP contribution in [0.2, 0.25) is 0 Å². The monoisotopic (exact) mass is 258 g/mol. The minimum atomic E-state index is -0.0582. The van der Waals surface area contributed by atoms with Gasteiger partial charge in [-0.3, -0.25) is 10.5 Å². The van der Waals surface area contributed by atoms with Crippen molar-refractivity contribution in [2.45, 2.75) is 19.4 Å². The number of rotatable bonds is 3. The van der Waals surface area contributed by atoms with Gasteiger partial charge in [0.25, 0.3) is 0 Å². The van der Waals surface area contributed by atoms with Gasteiger partial charge in [0.2, 0.25) is 0 Å². The molecule has 0 spiro atoms. The van der Waals surface area contributed by atoms with E-state index >= 15 is 0 Å². The number of nitrogens with zero attached hydrogens (tertiary/aromatic N) is 2. The number of nitrogens with two attached hydrogens (primary N) is 1. The molecule has 100 valence electrons. The van der Waals surface area contributed by atoms with Gasteiger partial charge >= 0.3 is 0 Å². The normalized spacial score (nSPS) is 15.1. The molecule has 5 heteroatoms. The lowest BCUT2D eigenvalue weighted by molar-refractivity contribution is 0.356. The number of ether oxygens (including phenoxy) is 1. The average molecular weight is 258 g/mol. The van der Waals surface area contributed by atoms with Crippen LogP contribution in [0.25, 0.3) is 0 Å². The lowest BCUT2D eigenvalue weighted by Gasteiger charge is -2.17. The van der Waals surface area contributed by atoms with Gasteiger partial charge in [0.05, 0.1) is 24.0 Å². The first kappa shape index (κ1) is 12.2. The van der Waals surface area contributed by atoms with Gasteiger partial charge in [0, 0.05) is 13.5 Å². The molecule has 0 amide bonds. The third kappa shape index (κ3) is 2.11. The van der Waals surface area contributed by atoms with Gasteiger partial charge in [-0.1, -0.05) is 6.07 Å². The fraction of sp³-hybridized carbons (Fsp3) is 0.357. The van der Waals surface area contributed by atoms with Crippen LogP contribution in [0.3, 0.4) is 0 Å². The lowest BCUT2D eigenvalue weighted by Crippen LogP contribution is -2.30. The number of nitrogens with one attached hydrogen (secondary N) is 1. The van der Waals surface area contributed by atoms with E-state index in [1.54, 1.807) is 0 Å². The summed E-state index contributed by atoms with van der Waals surface area (Å²) in [5.74, 6) is 6.72. The molecular formula is C14H18N4O. The van der Waals surface area contributed by atoms with Crippen LogP contribution in [-0.4, -0.2) is 16.4 Å². The fourth-order valence-corrected chi connectivity index (χ4v) is 2.64. The molecule has 5 nitrogen and oxygen atoms in total. The maximum Gasteiger partial charge on any atom is 0.122 e. The molecule has 2 heterocycles. The molecule has 0 radical (unpaired) electrons. The summed E-state index contributed by atoms with van der Waals surface area (Å²) in [7, 11) is 1.93. The standard InChI is InChI=1S/C14H18N4O/c1-9-7-12(18(2)17-9)14(16-15)11-3-4-13-10(8-11)5-6-19-13/h3-4,7-8,14,16H,5-6,15H2,1-2H3. The van der Waals surface area contributed by atoms with E-state index in [-0.39, 0.29) is 6.04 Å². The zero-order chi connectivity index (χ0) is 13.4. The van der Waals surface area contributed by atoms with Gasteiger partial charge in [-0.05, 0) is 36.2 Å². The summed E-state index contributed by atoms with van der Waals surface area (Å²) in [5, 5.41) is 4.37. The van der Waals surface area contributed by atoms with Crippen molar-refractivity contribution in [2.24, 2.45) is 12.9 Å². The Morgan fingerprint density at radius 3 is 2.95 bits per heavy atom. The van der Waals surface area contributed by atoms with Crippen molar-refractivity contribution in [3.63, 3.8) is 0 Å². The molecule has 19 heavy (non-hydrogen) atoms. The van der Waals surface area contributed by atoms with Crippen molar-refractivity contribution in [3.05, 3.63) is 46.8 Å². The second-order valence-electron chi connectivity index (χ2n) is 4.90. The van der Waals surface area contributed by atoms with Crippen molar-refractivity contribution < 1.29 is 4.74 Å². The number of benzene rings is 1. The molecule has 1 aliphatic rings. The van der Waals surface area contributed by atoms with Gasteiger partial charge in [-0.15, -0.1) is 0 Å². The van der Waals surface area contributed by atoms with E-state index in [1.165, 1.54) is 5.56 Å². The highest BCUT2D eigenvalue weighted by molar-refractivity contribution is 5.42. The zero-order valence-corrected chi connectivity index (χ0v) is 11.2. The molecule has 1 atom stereocenters. The maximum absolute atomic E-state index is 5.74. The molecule has 1 aromatic carbocycles. The van der Waals surface area contributed by atoms with E-state index in [9.17, 15) is 0 Å². The molecule has 1 unspecified atom stereocenters. The van der Waals surface area contributed by atoms with Crippen molar-refractivity contribution in [1.82, 2.24) is 15.2 Å². The molecule has 3 rings (SSSR count). The third-order valence-corrected chi connectivity index (χ3v) is 3.55. The molecule has 0 saturated carbocycles. The number of fused-ring (bicyclic) bond motifs is 1. The van der Waals surface area contributed by atoms with Crippen molar-refractivity contribution in [2.75, 3.05) is 6.61 Å². The van der Waals surface area contributed by atoms with E-state index in [4.69, 9.17) is 10.6 Å². The van der Waals surface area contributed by atoms with E-state index < -0.39 is 0 Å². The zero-order valence-electron chi connectivity index (χ0n) is 11.2. The predicted molar refractivity (Wildman–Crippen MR) is 72.8 cm³/mol. The van der Waals surface area contributed by atoms with Gasteiger partial charge in [-0.25, -0.2) is 5.43 Å². The van der Waals surface area contributed by atoms with Crippen LogP contribution in [0.1, 0.15) is 28.6 Å². The Bertz CT molecular complexity index is 605. The van der Waals surface area contributed by atoms with Crippen LogP contribution in [0.4, 0.5) is 0 Å². The fourth-order valence-electron chi connectivity index (χ4n) is 2.64. The Morgan fingerprint density at radius 2 is 2.26 bits per heavy atom. The Balaban J connectivity index is 2.00. The van der Waals surface area contributed by atoms with Gasteiger partial charge < -0.3 is 4.74 Å². The summed E-state index contributed by atoms with van der Waals surface area (Å²) in [5.41, 5.74) is 7.30. The first-order valence-corrected chi connectivity index (χ1v) is 6.41. The first-order chi connectivity index (χ1) is 9.19. The quantitative estimate of drug-likeness (QED) is 0.641. The maximum atomic E-state index is 5.74. The average Bonchev–Trinajstić information content (AvgIpc) is 2.97. The van der Waals surface area contributed by atoms with Crippen molar-refractivity contribution >= 4 is 0 Å². The Hall–Kier alpha value is -1.85. The highest BCUT2D eigenvalue weighted by Gasteiger charge is 2.20. The lowest BCUT2D eigenvalue weighted by atomic mass is 10.0. The van der Waals surface area contributed by atoms with Crippen LogP contribution in [0, 0.1) is 6.92 Å².